The Morgan fingerprint density at radius 1 is 1.80 bits per heavy atom. The van der Waals surface area contributed by atoms with Gasteiger partial charge in [-0.25, -0.2) is 0 Å². The van der Waals surface area contributed by atoms with Gasteiger partial charge in [0.05, 0.1) is 12.0 Å². The van der Waals surface area contributed by atoms with Crippen LogP contribution in [-0.2, 0) is 4.79 Å². The molecule has 0 aliphatic rings. The SMILES string of the molecule is C=C(C)C(=O)[O-].C=CC#N. The van der Waals surface area contributed by atoms with Crippen molar-refractivity contribution in [2.75, 3.05) is 0 Å². The maximum Gasteiger partial charge on any atom is 0.0905 e. The van der Waals surface area contributed by atoms with Crippen molar-refractivity contribution >= 4 is 5.97 Å². The van der Waals surface area contributed by atoms with Crippen LogP contribution in [-0.4, -0.2) is 5.97 Å². The highest BCUT2D eigenvalue weighted by Gasteiger charge is 1.76. The predicted octanol–water partition coefficient (Wildman–Crippen LogP) is 0.00838. The molecule has 0 bridgehead atoms. The number of carboxylic acids is 1. The largest absolute Gasteiger partial charge is 0.545 e. The van der Waals surface area contributed by atoms with Crippen LogP contribution in [0.3, 0.4) is 0 Å². The predicted molar refractivity (Wildman–Crippen MR) is 35.6 cm³/mol. The van der Waals surface area contributed by atoms with Gasteiger partial charge in [-0.15, -0.1) is 0 Å². The Kier molecular flexibility index (Phi) is 8.38. The Hall–Kier alpha value is -1.56. The van der Waals surface area contributed by atoms with E-state index >= 15 is 0 Å². The topological polar surface area (TPSA) is 63.9 Å². The number of aliphatic carboxylic acids is 1. The quantitative estimate of drug-likeness (QED) is 0.378. The molecule has 0 aliphatic heterocycles. The minimum absolute atomic E-state index is 0.0648. The smallest absolute Gasteiger partial charge is 0.0905 e. The van der Waals surface area contributed by atoms with Crippen LogP contribution in [0.4, 0.5) is 0 Å². The molecule has 3 heteroatoms. The van der Waals surface area contributed by atoms with E-state index in [2.05, 4.69) is 13.2 Å². The molecule has 0 atom stereocenters. The maximum absolute atomic E-state index is 9.49. The minimum atomic E-state index is -1.19. The van der Waals surface area contributed by atoms with Gasteiger partial charge in [-0.05, 0) is 12.5 Å². The van der Waals surface area contributed by atoms with Gasteiger partial charge in [0.25, 0.3) is 0 Å². The third kappa shape index (κ3) is 16.1. The zero-order chi connectivity index (χ0) is 8.57. The van der Waals surface area contributed by atoms with Crippen molar-refractivity contribution in [2.45, 2.75) is 6.92 Å². The highest BCUT2D eigenvalue weighted by Crippen LogP contribution is 1.77. The van der Waals surface area contributed by atoms with E-state index in [-0.39, 0.29) is 5.57 Å². The summed E-state index contributed by atoms with van der Waals surface area (Å²) >= 11 is 0. The van der Waals surface area contributed by atoms with Gasteiger partial charge in [0.15, 0.2) is 0 Å². The fraction of sp³-hybridized carbons (Fsp3) is 0.143. The number of allylic oxidation sites excluding steroid dienone is 1. The number of hydrogen-bond acceptors (Lipinski definition) is 3. The van der Waals surface area contributed by atoms with Crippen molar-refractivity contribution < 1.29 is 9.90 Å². The number of nitrogens with zero attached hydrogens (tertiary/aromatic N) is 1. The standard InChI is InChI=1S/C4H6O2.C3H3N/c1-3(2)4(5)6;1-2-3-4/h1H2,2H3,(H,5,6);2H,1H2/p-1. The summed E-state index contributed by atoms with van der Waals surface area (Å²) in [4.78, 5) is 9.49. The molecule has 3 nitrogen and oxygen atoms in total. The van der Waals surface area contributed by atoms with Crippen molar-refractivity contribution in [1.82, 2.24) is 0 Å². The molecule has 0 aromatic heterocycles. The number of rotatable bonds is 1. The monoisotopic (exact) mass is 138 g/mol. The maximum atomic E-state index is 9.49. The van der Waals surface area contributed by atoms with E-state index in [4.69, 9.17) is 5.26 Å². The summed E-state index contributed by atoms with van der Waals surface area (Å²) in [6, 6.07) is 1.69. The van der Waals surface area contributed by atoms with Crippen LogP contribution >= 0.6 is 0 Å². The van der Waals surface area contributed by atoms with Crippen molar-refractivity contribution in [3.63, 3.8) is 0 Å². The van der Waals surface area contributed by atoms with E-state index < -0.39 is 5.97 Å². The van der Waals surface area contributed by atoms with Gasteiger partial charge in [0.2, 0.25) is 0 Å². The van der Waals surface area contributed by atoms with Gasteiger partial charge in [0, 0.05) is 6.08 Å². The number of nitriles is 1. The number of carbonyl (C=O) groups excluding carboxylic acids is 1. The molecule has 0 amide bonds. The Labute approximate surface area is 59.9 Å². The Bertz CT molecular complexity index is 165. The van der Waals surface area contributed by atoms with Gasteiger partial charge in [-0.1, -0.05) is 13.2 Å². The number of carbonyl (C=O) groups is 1. The van der Waals surface area contributed by atoms with Crippen LogP contribution in [0.25, 0.3) is 0 Å². The number of carboxylic acid groups (broad SMARTS) is 1. The lowest BCUT2D eigenvalue weighted by molar-refractivity contribution is -0.299. The van der Waals surface area contributed by atoms with Gasteiger partial charge in [-0.3, -0.25) is 0 Å². The van der Waals surface area contributed by atoms with Crippen LogP contribution in [0.2, 0.25) is 0 Å². The molecule has 0 radical (unpaired) electrons. The minimum Gasteiger partial charge on any atom is -0.545 e. The Morgan fingerprint density at radius 2 is 2.00 bits per heavy atom. The summed E-state index contributed by atoms with van der Waals surface area (Å²) in [6.45, 7) is 7.59. The van der Waals surface area contributed by atoms with Crippen molar-refractivity contribution in [2.24, 2.45) is 0 Å². The second-order valence-corrected chi connectivity index (χ2v) is 1.40. The molecule has 0 aromatic carbocycles. The average molecular weight is 138 g/mol. The van der Waals surface area contributed by atoms with Crippen molar-refractivity contribution in [3.05, 3.63) is 24.8 Å². The zero-order valence-electron chi connectivity index (χ0n) is 5.76. The van der Waals surface area contributed by atoms with E-state index in [1.807, 2.05) is 0 Å². The highest BCUT2D eigenvalue weighted by atomic mass is 16.4. The summed E-state index contributed by atoms with van der Waals surface area (Å²) in [6.07, 6.45) is 1.18. The summed E-state index contributed by atoms with van der Waals surface area (Å²) < 4.78 is 0. The fourth-order valence-corrected chi connectivity index (χ4v) is 0. The molecular weight excluding hydrogens is 130 g/mol. The lowest BCUT2D eigenvalue weighted by atomic mass is 10.4. The van der Waals surface area contributed by atoms with Gasteiger partial charge >= 0.3 is 0 Å². The first-order valence-corrected chi connectivity index (χ1v) is 2.43. The zero-order valence-corrected chi connectivity index (χ0v) is 5.76. The molecule has 0 heterocycles. The lowest BCUT2D eigenvalue weighted by Gasteiger charge is -1.93. The van der Waals surface area contributed by atoms with E-state index in [1.54, 1.807) is 6.07 Å². The molecule has 0 N–H and O–H groups in total. The van der Waals surface area contributed by atoms with Crippen LogP contribution in [0, 0.1) is 11.3 Å². The molecular formula is C7H8NO2-. The third-order valence-electron chi connectivity index (χ3n) is 0.440. The van der Waals surface area contributed by atoms with Crippen LogP contribution in [0.1, 0.15) is 6.92 Å². The molecule has 0 fully saturated rings. The molecule has 0 spiro atoms. The van der Waals surface area contributed by atoms with Crippen molar-refractivity contribution in [3.8, 4) is 6.07 Å². The second kappa shape index (κ2) is 7.44. The van der Waals surface area contributed by atoms with E-state index in [0.717, 1.165) is 0 Å². The summed E-state index contributed by atoms with van der Waals surface area (Å²) in [5.41, 5.74) is 0.0648. The molecule has 0 rings (SSSR count). The summed E-state index contributed by atoms with van der Waals surface area (Å²) in [5, 5.41) is 17.0. The van der Waals surface area contributed by atoms with E-state index in [0.29, 0.717) is 0 Å². The highest BCUT2D eigenvalue weighted by molar-refractivity contribution is 5.82. The normalized spacial score (nSPS) is 6.00. The lowest BCUT2D eigenvalue weighted by Crippen LogP contribution is -2.22. The molecule has 0 unspecified atom stereocenters. The summed E-state index contributed by atoms with van der Waals surface area (Å²) in [5.74, 6) is -1.19. The van der Waals surface area contributed by atoms with Crippen LogP contribution in [0.5, 0.6) is 0 Å². The first kappa shape index (κ1) is 11.3. The van der Waals surface area contributed by atoms with Crippen LogP contribution in [0.15, 0.2) is 24.8 Å². The summed E-state index contributed by atoms with van der Waals surface area (Å²) in [7, 11) is 0. The first-order valence-electron chi connectivity index (χ1n) is 2.43. The first-order chi connectivity index (χ1) is 4.56. The third-order valence-corrected chi connectivity index (χ3v) is 0.440. The van der Waals surface area contributed by atoms with Crippen LogP contribution < -0.4 is 5.11 Å². The van der Waals surface area contributed by atoms with Crippen molar-refractivity contribution in [1.29, 1.82) is 5.26 Å². The molecule has 0 saturated heterocycles. The second-order valence-electron chi connectivity index (χ2n) is 1.40. The average Bonchev–Trinajstić information content (AvgIpc) is 1.89. The number of hydrogen-bond donors (Lipinski definition) is 0. The molecule has 0 aromatic rings. The van der Waals surface area contributed by atoms with Gasteiger partial charge < -0.3 is 9.90 Å². The Morgan fingerprint density at radius 3 is 2.00 bits per heavy atom. The van der Waals surface area contributed by atoms with Gasteiger partial charge in [-0.2, -0.15) is 5.26 Å². The molecule has 0 saturated carbocycles. The molecule has 54 valence electrons. The fourth-order valence-electron chi connectivity index (χ4n) is 0. The Balaban J connectivity index is 0. The molecule has 0 aliphatic carbocycles. The van der Waals surface area contributed by atoms with Gasteiger partial charge in [0.1, 0.15) is 0 Å². The van der Waals surface area contributed by atoms with E-state index in [1.165, 1.54) is 13.0 Å². The van der Waals surface area contributed by atoms with E-state index in [9.17, 15) is 9.90 Å². The molecule has 10 heavy (non-hydrogen) atoms.